The highest BCUT2D eigenvalue weighted by molar-refractivity contribution is 5.81. The summed E-state index contributed by atoms with van der Waals surface area (Å²) in [6.07, 6.45) is 5.94. The number of hydrogen-bond donors (Lipinski definition) is 2. The minimum atomic E-state index is -0.815. The van der Waals surface area contributed by atoms with E-state index in [0.717, 1.165) is 50.2 Å². The molecule has 1 aromatic heterocycles. The Balaban J connectivity index is 1.38. The molecule has 1 aliphatic heterocycles. The smallest absolute Gasteiger partial charge is 0.408 e. The van der Waals surface area contributed by atoms with E-state index >= 15 is 0 Å². The third-order valence-electron chi connectivity index (χ3n) is 6.24. The number of alkyl carbamates (subject to hydrolysis) is 1. The number of amides is 1. The van der Waals surface area contributed by atoms with Crippen molar-refractivity contribution in [3.8, 4) is 0 Å². The number of nitrogens with one attached hydrogen (secondary N) is 2. The zero-order valence-corrected chi connectivity index (χ0v) is 20.6. The minimum Gasteiger partial charge on any atom is -0.467 e. The lowest BCUT2D eigenvalue weighted by molar-refractivity contribution is -0.146. The van der Waals surface area contributed by atoms with Crippen LogP contribution in [0.5, 0.6) is 0 Å². The van der Waals surface area contributed by atoms with E-state index in [1.807, 2.05) is 6.92 Å². The standard InChI is InChI=1S/C25H39N3O5/c1-16(21(23(29)31-5)28-24(30)33-25(2,3)4)15-32-20-13-17(14-20)8-10-19-11-9-18-7-6-12-26-22(18)27-19/h9,11,16-17,20-21H,6-8,10,12-15H2,1-5H3,(H,26,27)(H,28,30). The van der Waals surface area contributed by atoms with Crippen LogP contribution in [0.1, 0.15) is 64.6 Å². The number of nitrogens with zero attached hydrogens (tertiary/aromatic N) is 1. The van der Waals surface area contributed by atoms with Crippen molar-refractivity contribution < 1.29 is 23.8 Å². The van der Waals surface area contributed by atoms with Crippen molar-refractivity contribution in [1.29, 1.82) is 0 Å². The van der Waals surface area contributed by atoms with E-state index in [4.69, 9.17) is 19.2 Å². The van der Waals surface area contributed by atoms with Crippen molar-refractivity contribution in [1.82, 2.24) is 10.3 Å². The van der Waals surface area contributed by atoms with Gasteiger partial charge >= 0.3 is 12.1 Å². The first-order valence-corrected chi connectivity index (χ1v) is 12.1. The molecule has 1 saturated carbocycles. The van der Waals surface area contributed by atoms with Crippen LogP contribution in [0.25, 0.3) is 0 Å². The zero-order chi connectivity index (χ0) is 24.0. The fourth-order valence-corrected chi connectivity index (χ4v) is 4.29. The fraction of sp³-hybridized carbons (Fsp3) is 0.720. The first-order chi connectivity index (χ1) is 15.6. The molecule has 33 heavy (non-hydrogen) atoms. The molecule has 0 spiro atoms. The lowest BCUT2D eigenvalue weighted by Crippen LogP contribution is -2.49. The molecule has 0 saturated heterocycles. The SMILES string of the molecule is COC(=O)C(NC(=O)OC(C)(C)C)C(C)COC1CC(CCc2ccc3c(n2)NCCC3)C1. The van der Waals surface area contributed by atoms with Gasteiger partial charge in [0.1, 0.15) is 17.5 Å². The predicted octanol–water partition coefficient (Wildman–Crippen LogP) is 3.87. The fourth-order valence-electron chi connectivity index (χ4n) is 4.29. The first kappa shape index (κ1) is 25.3. The number of methoxy groups -OCH3 is 1. The second-order valence-corrected chi connectivity index (χ2v) is 10.3. The van der Waals surface area contributed by atoms with Crippen LogP contribution in [0.15, 0.2) is 12.1 Å². The number of hydrogen-bond acceptors (Lipinski definition) is 7. The monoisotopic (exact) mass is 461 g/mol. The lowest BCUT2D eigenvalue weighted by Gasteiger charge is -2.36. The number of pyridine rings is 1. The Morgan fingerprint density at radius 1 is 1.27 bits per heavy atom. The van der Waals surface area contributed by atoms with Gasteiger partial charge < -0.3 is 24.8 Å². The molecule has 8 heteroatoms. The number of carbonyl (C=O) groups is 2. The Morgan fingerprint density at radius 2 is 2.03 bits per heavy atom. The number of anilines is 1. The molecule has 1 fully saturated rings. The predicted molar refractivity (Wildman–Crippen MR) is 126 cm³/mol. The van der Waals surface area contributed by atoms with Crippen molar-refractivity contribution in [2.45, 2.75) is 84.0 Å². The maximum atomic E-state index is 12.2. The van der Waals surface area contributed by atoms with Crippen molar-refractivity contribution >= 4 is 17.9 Å². The molecule has 1 amide bonds. The van der Waals surface area contributed by atoms with Crippen LogP contribution in [0.2, 0.25) is 0 Å². The summed E-state index contributed by atoms with van der Waals surface area (Å²) in [5.41, 5.74) is 1.83. The van der Waals surface area contributed by atoms with Gasteiger partial charge in [-0.3, -0.25) is 0 Å². The number of carbonyl (C=O) groups excluding carboxylic acids is 2. The van der Waals surface area contributed by atoms with Gasteiger partial charge in [-0.2, -0.15) is 0 Å². The molecule has 2 N–H and O–H groups in total. The Kier molecular flexibility index (Phi) is 8.57. The van der Waals surface area contributed by atoms with Gasteiger partial charge in [0.15, 0.2) is 0 Å². The number of esters is 1. The van der Waals surface area contributed by atoms with Gasteiger partial charge in [0, 0.05) is 18.2 Å². The summed E-state index contributed by atoms with van der Waals surface area (Å²) in [4.78, 5) is 29.1. The number of fused-ring (bicyclic) bond motifs is 1. The molecule has 2 heterocycles. The van der Waals surface area contributed by atoms with Crippen LogP contribution >= 0.6 is 0 Å². The van der Waals surface area contributed by atoms with Crippen molar-refractivity contribution in [3.63, 3.8) is 0 Å². The van der Waals surface area contributed by atoms with E-state index in [2.05, 4.69) is 22.8 Å². The number of ether oxygens (including phenoxy) is 3. The quantitative estimate of drug-likeness (QED) is 0.539. The van der Waals surface area contributed by atoms with E-state index in [0.29, 0.717) is 12.5 Å². The maximum absolute atomic E-state index is 12.2. The average Bonchev–Trinajstić information content (AvgIpc) is 2.74. The summed E-state index contributed by atoms with van der Waals surface area (Å²) in [6.45, 7) is 8.57. The van der Waals surface area contributed by atoms with Crippen LogP contribution in [0.4, 0.5) is 10.6 Å². The summed E-state index contributed by atoms with van der Waals surface area (Å²) >= 11 is 0. The maximum Gasteiger partial charge on any atom is 0.408 e. The van der Waals surface area contributed by atoms with E-state index in [1.165, 1.54) is 19.1 Å². The van der Waals surface area contributed by atoms with Crippen molar-refractivity contribution in [3.05, 3.63) is 23.4 Å². The highest BCUT2D eigenvalue weighted by Gasteiger charge is 2.33. The molecule has 2 aliphatic rings. The summed E-state index contributed by atoms with van der Waals surface area (Å²) in [6, 6.07) is 3.55. The number of aryl methyl sites for hydroxylation is 2. The van der Waals surface area contributed by atoms with E-state index < -0.39 is 23.7 Å². The van der Waals surface area contributed by atoms with Crippen LogP contribution in [-0.4, -0.2) is 55.1 Å². The largest absolute Gasteiger partial charge is 0.467 e. The van der Waals surface area contributed by atoms with Crippen LogP contribution < -0.4 is 10.6 Å². The molecule has 1 aliphatic carbocycles. The van der Waals surface area contributed by atoms with Gasteiger partial charge in [0.05, 0.1) is 19.8 Å². The van der Waals surface area contributed by atoms with Crippen LogP contribution in [0, 0.1) is 11.8 Å². The Labute approximate surface area is 197 Å². The first-order valence-electron chi connectivity index (χ1n) is 12.1. The molecule has 2 unspecified atom stereocenters. The highest BCUT2D eigenvalue weighted by atomic mass is 16.6. The molecule has 2 atom stereocenters. The third-order valence-corrected chi connectivity index (χ3v) is 6.24. The van der Waals surface area contributed by atoms with Gasteiger partial charge in [-0.05, 0) is 76.8 Å². The van der Waals surface area contributed by atoms with Gasteiger partial charge in [-0.1, -0.05) is 13.0 Å². The summed E-state index contributed by atoms with van der Waals surface area (Å²) in [5, 5.41) is 6.02. The molecular formula is C25H39N3O5. The van der Waals surface area contributed by atoms with E-state index in [-0.39, 0.29) is 12.0 Å². The lowest BCUT2D eigenvalue weighted by atomic mass is 9.79. The average molecular weight is 462 g/mol. The van der Waals surface area contributed by atoms with Gasteiger partial charge in [-0.25, -0.2) is 14.6 Å². The third kappa shape index (κ3) is 7.59. The van der Waals surface area contributed by atoms with Gasteiger partial charge in [0.2, 0.25) is 0 Å². The normalized spacial score (nSPS) is 21.6. The second-order valence-electron chi connectivity index (χ2n) is 10.3. The molecule has 3 rings (SSSR count). The summed E-state index contributed by atoms with van der Waals surface area (Å²) < 4.78 is 16.2. The summed E-state index contributed by atoms with van der Waals surface area (Å²) in [5.74, 6) is 0.946. The molecule has 0 aromatic carbocycles. The minimum absolute atomic E-state index is 0.190. The Hall–Kier alpha value is -2.35. The van der Waals surface area contributed by atoms with Crippen LogP contribution in [0.3, 0.4) is 0 Å². The van der Waals surface area contributed by atoms with Gasteiger partial charge in [-0.15, -0.1) is 0 Å². The van der Waals surface area contributed by atoms with Gasteiger partial charge in [0.25, 0.3) is 0 Å². The molecule has 184 valence electrons. The number of aromatic nitrogens is 1. The van der Waals surface area contributed by atoms with Crippen molar-refractivity contribution in [2.75, 3.05) is 25.6 Å². The van der Waals surface area contributed by atoms with E-state index in [1.54, 1.807) is 20.8 Å². The van der Waals surface area contributed by atoms with Crippen LogP contribution in [-0.2, 0) is 31.8 Å². The molecular weight excluding hydrogens is 422 g/mol. The molecule has 0 radical (unpaired) electrons. The molecule has 8 nitrogen and oxygen atoms in total. The molecule has 0 bridgehead atoms. The highest BCUT2D eigenvalue weighted by Crippen LogP contribution is 2.34. The molecule has 1 aromatic rings. The Bertz CT molecular complexity index is 817. The second kappa shape index (κ2) is 11.2. The van der Waals surface area contributed by atoms with Crippen molar-refractivity contribution in [2.24, 2.45) is 11.8 Å². The summed E-state index contributed by atoms with van der Waals surface area (Å²) in [7, 11) is 1.31. The van der Waals surface area contributed by atoms with E-state index in [9.17, 15) is 9.59 Å². The Morgan fingerprint density at radius 3 is 2.73 bits per heavy atom. The topological polar surface area (TPSA) is 98.8 Å². The zero-order valence-electron chi connectivity index (χ0n) is 20.6. The number of rotatable bonds is 9.